The zero-order chi connectivity index (χ0) is 18.1. The van der Waals surface area contributed by atoms with Crippen molar-refractivity contribution in [3.8, 4) is 11.1 Å². The van der Waals surface area contributed by atoms with E-state index in [0.717, 1.165) is 32.8 Å². The number of thiophene rings is 1. The Labute approximate surface area is 154 Å². The number of nitrogens with one attached hydrogen (secondary N) is 1. The highest BCUT2D eigenvalue weighted by Gasteiger charge is 2.13. The summed E-state index contributed by atoms with van der Waals surface area (Å²) in [5.41, 5.74) is 10.0. The average molecular weight is 360 g/mol. The molecule has 2 heterocycles. The first kappa shape index (κ1) is 16.2. The van der Waals surface area contributed by atoms with Crippen molar-refractivity contribution in [1.82, 2.24) is 9.97 Å². The van der Waals surface area contributed by atoms with Crippen LogP contribution in [0.1, 0.15) is 15.9 Å². The first-order chi connectivity index (χ1) is 12.6. The summed E-state index contributed by atoms with van der Waals surface area (Å²) >= 11 is 1.59. The summed E-state index contributed by atoms with van der Waals surface area (Å²) < 4.78 is 0. The number of aryl methyl sites for hydroxylation is 1. The van der Waals surface area contributed by atoms with E-state index >= 15 is 0 Å². The van der Waals surface area contributed by atoms with E-state index in [0.29, 0.717) is 5.56 Å². The van der Waals surface area contributed by atoms with Crippen LogP contribution in [0.25, 0.3) is 21.3 Å². The van der Waals surface area contributed by atoms with E-state index in [4.69, 9.17) is 5.73 Å². The van der Waals surface area contributed by atoms with Gasteiger partial charge in [0.05, 0.1) is 5.39 Å². The second kappa shape index (κ2) is 6.57. The molecule has 0 saturated carbocycles. The number of primary amides is 1. The maximum absolute atomic E-state index is 11.2. The van der Waals surface area contributed by atoms with Crippen molar-refractivity contribution in [2.24, 2.45) is 5.73 Å². The lowest BCUT2D eigenvalue weighted by Gasteiger charge is -2.09. The second-order valence-electron chi connectivity index (χ2n) is 5.98. The van der Waals surface area contributed by atoms with Gasteiger partial charge in [0.15, 0.2) is 0 Å². The zero-order valence-corrected chi connectivity index (χ0v) is 14.9. The number of amides is 1. The first-order valence-corrected chi connectivity index (χ1v) is 8.96. The minimum absolute atomic E-state index is 0.444. The van der Waals surface area contributed by atoms with Crippen LogP contribution in [-0.4, -0.2) is 15.9 Å². The predicted octanol–water partition coefficient (Wildman–Crippen LogP) is 4.51. The van der Waals surface area contributed by atoms with Gasteiger partial charge in [0, 0.05) is 22.2 Å². The van der Waals surface area contributed by atoms with Gasteiger partial charge in [0.2, 0.25) is 5.91 Å². The molecule has 2 aromatic carbocycles. The van der Waals surface area contributed by atoms with Crippen LogP contribution in [0.15, 0.2) is 60.2 Å². The number of nitrogens with zero attached hydrogens (tertiary/aromatic N) is 2. The zero-order valence-electron chi connectivity index (χ0n) is 14.1. The number of aromatic nitrogens is 2. The highest BCUT2D eigenvalue weighted by molar-refractivity contribution is 7.17. The van der Waals surface area contributed by atoms with Crippen LogP contribution in [0.5, 0.6) is 0 Å². The van der Waals surface area contributed by atoms with Crippen molar-refractivity contribution < 1.29 is 4.79 Å². The van der Waals surface area contributed by atoms with Gasteiger partial charge in [-0.05, 0) is 36.8 Å². The molecule has 0 radical (unpaired) electrons. The van der Waals surface area contributed by atoms with Crippen LogP contribution in [-0.2, 0) is 0 Å². The Kier molecular flexibility index (Phi) is 4.10. The molecule has 0 spiro atoms. The number of carbonyl (C=O) groups is 1. The fraction of sp³-hybridized carbons (Fsp3) is 0.0500. The fourth-order valence-corrected chi connectivity index (χ4v) is 3.69. The van der Waals surface area contributed by atoms with Gasteiger partial charge < -0.3 is 11.1 Å². The third kappa shape index (κ3) is 3.02. The van der Waals surface area contributed by atoms with Crippen molar-refractivity contribution in [1.29, 1.82) is 0 Å². The van der Waals surface area contributed by atoms with E-state index in [1.807, 2.05) is 12.1 Å². The molecule has 4 rings (SSSR count). The summed E-state index contributed by atoms with van der Waals surface area (Å²) in [6.45, 7) is 2.07. The minimum atomic E-state index is -0.444. The van der Waals surface area contributed by atoms with E-state index in [1.165, 1.54) is 5.56 Å². The Morgan fingerprint density at radius 1 is 1.04 bits per heavy atom. The summed E-state index contributed by atoms with van der Waals surface area (Å²) in [6.07, 6.45) is 1.55. The van der Waals surface area contributed by atoms with Gasteiger partial charge in [-0.1, -0.05) is 29.8 Å². The van der Waals surface area contributed by atoms with Gasteiger partial charge in [0.25, 0.3) is 0 Å². The van der Waals surface area contributed by atoms with Crippen molar-refractivity contribution >= 4 is 39.0 Å². The van der Waals surface area contributed by atoms with Crippen molar-refractivity contribution in [2.75, 3.05) is 5.32 Å². The van der Waals surface area contributed by atoms with E-state index in [1.54, 1.807) is 29.8 Å². The molecule has 0 fully saturated rings. The minimum Gasteiger partial charge on any atom is -0.366 e. The summed E-state index contributed by atoms with van der Waals surface area (Å²) in [5.74, 6) is 0.291. The van der Waals surface area contributed by atoms with Crippen molar-refractivity contribution in [3.63, 3.8) is 0 Å². The normalized spacial score (nSPS) is 10.8. The summed E-state index contributed by atoms with van der Waals surface area (Å²) in [6, 6.07) is 15.4. The lowest BCUT2D eigenvalue weighted by atomic mass is 10.0. The number of carbonyl (C=O) groups excluding carboxylic acids is 1. The summed E-state index contributed by atoms with van der Waals surface area (Å²) in [7, 11) is 0. The molecule has 3 N–H and O–H groups in total. The molecule has 0 unspecified atom stereocenters. The molecule has 0 bridgehead atoms. The largest absolute Gasteiger partial charge is 0.366 e. The van der Waals surface area contributed by atoms with Gasteiger partial charge in [-0.2, -0.15) is 0 Å². The molecule has 5 nitrogen and oxygen atoms in total. The van der Waals surface area contributed by atoms with Crippen molar-refractivity contribution in [2.45, 2.75) is 6.92 Å². The standard InChI is InChI=1S/C20H16N4OS/c1-12-2-4-13(5-3-12)16-10-26-20-17(16)19(22-11-23-20)24-15-8-6-14(7-9-15)18(21)25/h2-11H,1H3,(H2,21,25)(H,22,23,24). The average Bonchev–Trinajstić information content (AvgIpc) is 3.08. The number of anilines is 2. The first-order valence-electron chi connectivity index (χ1n) is 8.08. The van der Waals surface area contributed by atoms with Gasteiger partial charge in [0.1, 0.15) is 17.0 Å². The Balaban J connectivity index is 1.76. The Bertz CT molecular complexity index is 1090. The maximum Gasteiger partial charge on any atom is 0.248 e. The van der Waals surface area contributed by atoms with Crippen LogP contribution >= 0.6 is 11.3 Å². The van der Waals surface area contributed by atoms with E-state index in [-0.39, 0.29) is 0 Å². The van der Waals surface area contributed by atoms with Gasteiger partial charge >= 0.3 is 0 Å². The fourth-order valence-electron chi connectivity index (χ4n) is 2.77. The molecule has 0 saturated heterocycles. The third-order valence-electron chi connectivity index (χ3n) is 4.16. The molecular formula is C20H16N4OS. The van der Waals surface area contributed by atoms with E-state index < -0.39 is 5.91 Å². The molecule has 6 heteroatoms. The quantitative estimate of drug-likeness (QED) is 0.561. The van der Waals surface area contributed by atoms with Gasteiger partial charge in [-0.15, -0.1) is 11.3 Å². The van der Waals surface area contributed by atoms with E-state index in [2.05, 4.69) is 51.9 Å². The topological polar surface area (TPSA) is 80.9 Å². The van der Waals surface area contributed by atoms with Crippen LogP contribution in [0.4, 0.5) is 11.5 Å². The number of benzene rings is 2. The molecule has 26 heavy (non-hydrogen) atoms. The molecule has 128 valence electrons. The van der Waals surface area contributed by atoms with Gasteiger partial charge in [-0.3, -0.25) is 4.79 Å². The smallest absolute Gasteiger partial charge is 0.248 e. The van der Waals surface area contributed by atoms with Crippen LogP contribution in [0, 0.1) is 6.92 Å². The van der Waals surface area contributed by atoms with Crippen LogP contribution < -0.4 is 11.1 Å². The number of nitrogens with two attached hydrogens (primary N) is 1. The predicted molar refractivity (Wildman–Crippen MR) is 106 cm³/mol. The molecule has 1 amide bonds. The lowest BCUT2D eigenvalue weighted by molar-refractivity contribution is 0.100. The highest BCUT2D eigenvalue weighted by Crippen LogP contribution is 2.37. The number of hydrogen-bond donors (Lipinski definition) is 2. The SMILES string of the molecule is Cc1ccc(-c2csc3ncnc(Nc4ccc(C(N)=O)cc4)c23)cc1. The van der Waals surface area contributed by atoms with E-state index in [9.17, 15) is 4.79 Å². The summed E-state index contributed by atoms with van der Waals surface area (Å²) in [5, 5.41) is 6.41. The third-order valence-corrected chi connectivity index (χ3v) is 5.05. The Morgan fingerprint density at radius 3 is 2.46 bits per heavy atom. The van der Waals surface area contributed by atoms with Gasteiger partial charge in [-0.25, -0.2) is 9.97 Å². The maximum atomic E-state index is 11.2. The lowest BCUT2D eigenvalue weighted by Crippen LogP contribution is -2.10. The molecule has 0 aliphatic heterocycles. The molecular weight excluding hydrogens is 344 g/mol. The van der Waals surface area contributed by atoms with Crippen LogP contribution in [0.3, 0.4) is 0 Å². The summed E-state index contributed by atoms with van der Waals surface area (Å²) in [4.78, 5) is 21.0. The number of hydrogen-bond acceptors (Lipinski definition) is 5. The molecule has 0 aliphatic carbocycles. The molecule has 0 atom stereocenters. The van der Waals surface area contributed by atoms with Crippen molar-refractivity contribution in [3.05, 3.63) is 71.4 Å². The molecule has 2 aromatic heterocycles. The van der Waals surface area contributed by atoms with Crippen LogP contribution in [0.2, 0.25) is 0 Å². The monoisotopic (exact) mass is 360 g/mol. The number of fused-ring (bicyclic) bond motifs is 1. The highest BCUT2D eigenvalue weighted by atomic mass is 32.1. The molecule has 4 aromatic rings. The number of rotatable bonds is 4. The Hall–Kier alpha value is -3.25. The second-order valence-corrected chi connectivity index (χ2v) is 6.84. The Morgan fingerprint density at radius 2 is 1.77 bits per heavy atom. The molecule has 0 aliphatic rings.